The highest BCUT2D eigenvalue weighted by Gasteiger charge is 2.08. The Hall–Kier alpha value is -1.62. The lowest BCUT2D eigenvalue weighted by Crippen LogP contribution is -2.27. The van der Waals surface area contributed by atoms with Crippen molar-refractivity contribution < 1.29 is 9.53 Å². The molecule has 88 valence electrons. The van der Waals surface area contributed by atoms with Gasteiger partial charge in [0.2, 0.25) is 0 Å². The third-order valence-corrected chi connectivity index (χ3v) is 2.25. The average molecular weight is 223 g/mol. The van der Waals surface area contributed by atoms with Crippen molar-refractivity contribution in [3.63, 3.8) is 0 Å². The van der Waals surface area contributed by atoms with Gasteiger partial charge in [-0.2, -0.15) is 0 Å². The van der Waals surface area contributed by atoms with Crippen molar-refractivity contribution in [2.45, 2.75) is 0 Å². The molecule has 0 amide bonds. The first-order valence-corrected chi connectivity index (χ1v) is 5.09. The van der Waals surface area contributed by atoms with Crippen LogP contribution in [0.2, 0.25) is 0 Å². The maximum Gasteiger partial charge on any atom is 0.338 e. The lowest BCUT2D eigenvalue weighted by Gasteiger charge is -2.18. The molecule has 1 heterocycles. The number of aromatic nitrogens is 1. The Kier molecular flexibility index (Phi) is 4.72. The topological polar surface area (TPSA) is 54.5 Å². The second-order valence-corrected chi connectivity index (χ2v) is 3.42. The molecule has 5 heteroatoms. The third kappa shape index (κ3) is 3.20. The number of pyridine rings is 1. The van der Waals surface area contributed by atoms with Crippen molar-refractivity contribution in [3.8, 4) is 0 Å². The van der Waals surface area contributed by atoms with E-state index in [1.54, 1.807) is 18.3 Å². The minimum atomic E-state index is -0.342. The Morgan fingerprint density at radius 2 is 2.38 bits per heavy atom. The highest BCUT2D eigenvalue weighted by Crippen LogP contribution is 2.11. The molecule has 0 saturated heterocycles. The summed E-state index contributed by atoms with van der Waals surface area (Å²) < 4.78 is 4.65. The van der Waals surface area contributed by atoms with E-state index in [0.29, 0.717) is 5.56 Å². The molecule has 0 bridgehead atoms. The molecule has 0 fully saturated rings. The quantitative estimate of drug-likeness (QED) is 0.738. The molecular weight excluding hydrogens is 206 g/mol. The van der Waals surface area contributed by atoms with Crippen LogP contribution in [0.25, 0.3) is 0 Å². The van der Waals surface area contributed by atoms with Crippen molar-refractivity contribution >= 4 is 11.8 Å². The summed E-state index contributed by atoms with van der Waals surface area (Å²) in [6, 6.07) is 3.36. The lowest BCUT2D eigenvalue weighted by atomic mass is 10.2. The van der Waals surface area contributed by atoms with Gasteiger partial charge in [-0.3, -0.25) is 0 Å². The van der Waals surface area contributed by atoms with Crippen molar-refractivity contribution in [2.24, 2.45) is 0 Å². The maximum atomic E-state index is 11.3. The van der Waals surface area contributed by atoms with E-state index in [0.717, 1.165) is 18.9 Å². The van der Waals surface area contributed by atoms with Crippen LogP contribution in [0.1, 0.15) is 10.4 Å². The summed E-state index contributed by atoms with van der Waals surface area (Å²) in [7, 11) is 5.19. The fourth-order valence-corrected chi connectivity index (χ4v) is 1.27. The Morgan fingerprint density at radius 1 is 1.62 bits per heavy atom. The van der Waals surface area contributed by atoms with Gasteiger partial charge in [-0.15, -0.1) is 0 Å². The van der Waals surface area contributed by atoms with E-state index < -0.39 is 0 Å². The van der Waals surface area contributed by atoms with Crippen LogP contribution in [-0.2, 0) is 4.74 Å². The molecule has 1 N–H and O–H groups in total. The van der Waals surface area contributed by atoms with Gasteiger partial charge < -0.3 is 15.0 Å². The first-order chi connectivity index (χ1) is 7.69. The molecule has 0 aliphatic heterocycles. The molecule has 5 nitrogen and oxygen atoms in total. The van der Waals surface area contributed by atoms with Crippen LogP contribution in [0.5, 0.6) is 0 Å². The molecule has 1 aromatic heterocycles. The lowest BCUT2D eigenvalue weighted by molar-refractivity contribution is 0.0600. The predicted octanol–water partition coefficient (Wildman–Crippen LogP) is 0.524. The van der Waals surface area contributed by atoms with Gasteiger partial charge >= 0.3 is 5.97 Å². The Labute approximate surface area is 95.4 Å². The number of anilines is 1. The minimum Gasteiger partial charge on any atom is -0.465 e. The highest BCUT2D eigenvalue weighted by molar-refractivity contribution is 5.90. The van der Waals surface area contributed by atoms with E-state index in [1.807, 2.05) is 19.0 Å². The molecule has 0 spiro atoms. The first kappa shape index (κ1) is 12.4. The highest BCUT2D eigenvalue weighted by atomic mass is 16.5. The van der Waals surface area contributed by atoms with E-state index in [2.05, 4.69) is 15.0 Å². The van der Waals surface area contributed by atoms with Crippen molar-refractivity contribution in [1.82, 2.24) is 10.3 Å². The zero-order valence-corrected chi connectivity index (χ0v) is 9.86. The summed E-state index contributed by atoms with van der Waals surface area (Å²) in [4.78, 5) is 17.5. The standard InChI is InChI=1S/C11H17N3O2/c1-12-6-7-14(2)10-8-9(4-5-13-10)11(15)16-3/h4-5,8,12H,6-7H2,1-3H3. The molecule has 0 saturated carbocycles. The van der Waals surface area contributed by atoms with Gasteiger partial charge in [-0.1, -0.05) is 0 Å². The Bertz CT molecular complexity index is 355. The number of hydrogen-bond donors (Lipinski definition) is 1. The molecule has 0 atom stereocenters. The van der Waals surface area contributed by atoms with E-state index in [4.69, 9.17) is 0 Å². The zero-order chi connectivity index (χ0) is 12.0. The first-order valence-electron chi connectivity index (χ1n) is 5.09. The Morgan fingerprint density at radius 3 is 3.00 bits per heavy atom. The molecule has 16 heavy (non-hydrogen) atoms. The molecule has 1 aromatic rings. The SMILES string of the molecule is CNCCN(C)c1cc(C(=O)OC)ccn1. The molecule has 0 aromatic carbocycles. The number of nitrogens with zero attached hydrogens (tertiary/aromatic N) is 2. The molecule has 0 radical (unpaired) electrons. The van der Waals surface area contributed by atoms with Crippen molar-refractivity contribution in [1.29, 1.82) is 0 Å². The molecule has 1 rings (SSSR count). The van der Waals surface area contributed by atoms with E-state index in [9.17, 15) is 4.79 Å². The van der Waals surface area contributed by atoms with Crippen molar-refractivity contribution in [2.75, 3.05) is 39.2 Å². The number of rotatable bonds is 5. The number of likely N-dealkylation sites (N-methyl/N-ethyl adjacent to an activating group) is 2. The monoisotopic (exact) mass is 223 g/mol. The normalized spacial score (nSPS) is 9.94. The van der Waals surface area contributed by atoms with Gasteiger partial charge in [0, 0.05) is 26.3 Å². The zero-order valence-electron chi connectivity index (χ0n) is 9.86. The smallest absolute Gasteiger partial charge is 0.338 e. The number of ether oxygens (including phenoxy) is 1. The van der Waals surface area contributed by atoms with Crippen LogP contribution in [0, 0.1) is 0 Å². The van der Waals surface area contributed by atoms with Crippen molar-refractivity contribution in [3.05, 3.63) is 23.9 Å². The van der Waals surface area contributed by atoms with Crippen LogP contribution < -0.4 is 10.2 Å². The van der Waals surface area contributed by atoms with Gasteiger partial charge in [0.1, 0.15) is 5.82 Å². The van der Waals surface area contributed by atoms with Gasteiger partial charge in [0.15, 0.2) is 0 Å². The van der Waals surface area contributed by atoms with Crippen LogP contribution in [0.15, 0.2) is 18.3 Å². The van der Waals surface area contributed by atoms with Gasteiger partial charge in [0.05, 0.1) is 12.7 Å². The number of nitrogens with one attached hydrogen (secondary N) is 1. The second kappa shape index (κ2) is 6.07. The van der Waals surface area contributed by atoms with E-state index in [1.165, 1.54) is 7.11 Å². The van der Waals surface area contributed by atoms with Gasteiger partial charge in [0.25, 0.3) is 0 Å². The van der Waals surface area contributed by atoms with Crippen LogP contribution in [0.3, 0.4) is 0 Å². The van der Waals surface area contributed by atoms with Gasteiger partial charge in [-0.05, 0) is 19.2 Å². The third-order valence-electron chi connectivity index (χ3n) is 2.25. The molecular formula is C11H17N3O2. The number of hydrogen-bond acceptors (Lipinski definition) is 5. The summed E-state index contributed by atoms with van der Waals surface area (Å²) in [6.45, 7) is 1.69. The fraction of sp³-hybridized carbons (Fsp3) is 0.455. The molecule has 0 aliphatic rings. The number of carbonyl (C=O) groups is 1. The average Bonchev–Trinajstić information content (AvgIpc) is 2.35. The van der Waals surface area contributed by atoms with E-state index in [-0.39, 0.29) is 5.97 Å². The van der Waals surface area contributed by atoms with Gasteiger partial charge in [-0.25, -0.2) is 9.78 Å². The van der Waals surface area contributed by atoms with E-state index >= 15 is 0 Å². The summed E-state index contributed by atoms with van der Waals surface area (Å²) in [5.41, 5.74) is 0.517. The largest absolute Gasteiger partial charge is 0.465 e. The number of carbonyl (C=O) groups excluding carboxylic acids is 1. The summed E-state index contributed by atoms with van der Waals surface area (Å²) in [5, 5.41) is 3.06. The maximum absolute atomic E-state index is 11.3. The van der Waals surface area contributed by atoms with Crippen LogP contribution >= 0.6 is 0 Å². The summed E-state index contributed by atoms with van der Waals surface area (Å²) in [5.74, 6) is 0.420. The molecule has 0 unspecified atom stereocenters. The number of methoxy groups -OCH3 is 1. The second-order valence-electron chi connectivity index (χ2n) is 3.42. The van der Waals surface area contributed by atoms with Crippen LogP contribution in [-0.4, -0.2) is 45.2 Å². The summed E-state index contributed by atoms with van der Waals surface area (Å²) in [6.07, 6.45) is 1.61. The minimum absolute atomic E-state index is 0.342. The predicted molar refractivity (Wildman–Crippen MR) is 62.8 cm³/mol. The summed E-state index contributed by atoms with van der Waals surface area (Å²) >= 11 is 0. The Balaban J connectivity index is 2.77. The van der Waals surface area contributed by atoms with Crippen LogP contribution in [0.4, 0.5) is 5.82 Å². The molecule has 0 aliphatic carbocycles. The fourth-order valence-electron chi connectivity index (χ4n) is 1.27. The number of esters is 1.